The van der Waals surface area contributed by atoms with Gasteiger partial charge in [-0.15, -0.1) is 0 Å². The monoisotopic (exact) mass is 177 g/mol. The molecular weight excluding hydrogens is 166 g/mol. The molecule has 68 valence electrons. The average Bonchev–Trinajstić information content (AvgIpc) is 2.76. The number of hydrogen-bond donors (Lipinski definition) is 0. The number of nitrogens with zero attached hydrogens (tertiary/aromatic N) is 1. The second kappa shape index (κ2) is 2.03. The summed E-state index contributed by atoms with van der Waals surface area (Å²) in [5.74, 6) is 0.714. The molecule has 0 aromatic heterocycles. The van der Waals surface area contributed by atoms with Gasteiger partial charge in [-0.25, -0.2) is 0 Å². The fourth-order valence-electron chi connectivity index (χ4n) is 3.05. The molecule has 1 aliphatic heterocycles. The minimum atomic E-state index is -0.0208. The van der Waals surface area contributed by atoms with E-state index in [1.54, 1.807) is 7.05 Å². The number of carbonyl (C=O) groups excluding carboxylic acids is 2. The Morgan fingerprint density at radius 2 is 1.62 bits per heavy atom. The highest BCUT2D eigenvalue weighted by molar-refractivity contribution is 6.06. The van der Waals surface area contributed by atoms with Gasteiger partial charge in [-0.1, -0.05) is 12.2 Å². The van der Waals surface area contributed by atoms with Crippen molar-refractivity contribution in [1.82, 2.24) is 4.90 Å². The highest BCUT2D eigenvalue weighted by Gasteiger charge is 2.58. The fraction of sp³-hybridized carbons (Fsp3) is 0.600. The molecule has 3 aliphatic rings. The van der Waals surface area contributed by atoms with Gasteiger partial charge in [-0.05, 0) is 18.3 Å². The van der Waals surface area contributed by atoms with Crippen LogP contribution >= 0.6 is 0 Å². The van der Waals surface area contributed by atoms with Crippen molar-refractivity contribution in [3.63, 3.8) is 0 Å². The molecule has 4 atom stereocenters. The van der Waals surface area contributed by atoms with E-state index < -0.39 is 0 Å². The van der Waals surface area contributed by atoms with Crippen molar-refractivity contribution in [2.24, 2.45) is 23.7 Å². The van der Waals surface area contributed by atoms with Gasteiger partial charge in [0.2, 0.25) is 11.8 Å². The molecular formula is C10H11NO2. The molecule has 0 spiro atoms. The van der Waals surface area contributed by atoms with Gasteiger partial charge < -0.3 is 0 Å². The third-order valence-electron chi connectivity index (χ3n) is 3.69. The summed E-state index contributed by atoms with van der Waals surface area (Å²) >= 11 is 0. The van der Waals surface area contributed by atoms with Gasteiger partial charge in [0.15, 0.2) is 0 Å². The van der Waals surface area contributed by atoms with E-state index in [1.807, 2.05) is 0 Å². The first kappa shape index (κ1) is 7.30. The lowest BCUT2D eigenvalue weighted by molar-refractivity contribution is -0.138. The van der Waals surface area contributed by atoms with Crippen molar-refractivity contribution in [3.05, 3.63) is 12.2 Å². The Kier molecular flexibility index (Phi) is 1.14. The second-order valence-corrected chi connectivity index (χ2v) is 4.24. The predicted octanol–water partition coefficient (Wildman–Crippen LogP) is 0.423. The minimum absolute atomic E-state index is 0.0208. The standard InChI is InChI=1S/C10H11NO2/c1-11-9(12)7-5-2-3-6(4-5)8(7)10(11)13/h2-3,5-8H,4H2,1H3/t5-,6+,7?,8?. The largest absolute Gasteiger partial charge is 0.285 e. The van der Waals surface area contributed by atoms with E-state index in [4.69, 9.17) is 0 Å². The quantitative estimate of drug-likeness (QED) is 0.397. The summed E-state index contributed by atoms with van der Waals surface area (Å²) in [6.45, 7) is 0. The molecule has 2 fully saturated rings. The summed E-state index contributed by atoms with van der Waals surface area (Å²) < 4.78 is 0. The number of amides is 2. The van der Waals surface area contributed by atoms with Gasteiger partial charge in [0.05, 0.1) is 11.8 Å². The minimum Gasteiger partial charge on any atom is -0.285 e. The Morgan fingerprint density at radius 1 is 1.15 bits per heavy atom. The first-order valence-electron chi connectivity index (χ1n) is 4.70. The maximum Gasteiger partial charge on any atom is 0.233 e. The number of likely N-dealkylation sites (tertiary alicyclic amines) is 1. The molecule has 13 heavy (non-hydrogen) atoms. The molecule has 0 radical (unpaired) electrons. The smallest absolute Gasteiger partial charge is 0.233 e. The zero-order chi connectivity index (χ0) is 9.16. The lowest BCUT2D eigenvalue weighted by Gasteiger charge is -2.14. The fourth-order valence-corrected chi connectivity index (χ4v) is 3.05. The van der Waals surface area contributed by atoms with Crippen LogP contribution in [0.4, 0.5) is 0 Å². The third-order valence-corrected chi connectivity index (χ3v) is 3.69. The molecule has 2 unspecified atom stereocenters. The van der Waals surface area contributed by atoms with Gasteiger partial charge in [0.1, 0.15) is 0 Å². The van der Waals surface area contributed by atoms with Gasteiger partial charge in [0, 0.05) is 7.05 Å². The molecule has 0 N–H and O–H groups in total. The Bertz CT molecular complexity index is 304. The number of fused-ring (bicyclic) bond motifs is 5. The molecule has 0 aromatic rings. The molecule has 0 aromatic carbocycles. The van der Waals surface area contributed by atoms with E-state index in [-0.39, 0.29) is 23.7 Å². The molecule has 3 rings (SSSR count). The second-order valence-electron chi connectivity index (χ2n) is 4.24. The van der Waals surface area contributed by atoms with Crippen LogP contribution in [-0.2, 0) is 9.59 Å². The molecule has 2 aliphatic carbocycles. The van der Waals surface area contributed by atoms with Gasteiger partial charge in [-0.3, -0.25) is 14.5 Å². The van der Waals surface area contributed by atoms with Crippen molar-refractivity contribution in [2.75, 3.05) is 7.05 Å². The van der Waals surface area contributed by atoms with E-state index in [2.05, 4.69) is 12.2 Å². The van der Waals surface area contributed by atoms with Crippen molar-refractivity contribution < 1.29 is 9.59 Å². The SMILES string of the molecule is CN1C(=O)C2C(C1=O)[C@H]1C=C[C@@H]2C1. The maximum atomic E-state index is 11.7. The van der Waals surface area contributed by atoms with E-state index in [0.29, 0.717) is 11.8 Å². The highest BCUT2D eigenvalue weighted by atomic mass is 16.2. The van der Waals surface area contributed by atoms with Crippen molar-refractivity contribution in [1.29, 1.82) is 0 Å². The summed E-state index contributed by atoms with van der Waals surface area (Å²) in [4.78, 5) is 24.6. The third kappa shape index (κ3) is 0.666. The molecule has 1 saturated carbocycles. The van der Waals surface area contributed by atoms with Crippen LogP contribution in [0.25, 0.3) is 0 Å². The molecule has 3 nitrogen and oxygen atoms in total. The maximum absolute atomic E-state index is 11.7. The van der Waals surface area contributed by atoms with Crippen LogP contribution in [-0.4, -0.2) is 23.8 Å². The van der Waals surface area contributed by atoms with Crippen LogP contribution in [0.2, 0.25) is 0 Å². The number of imide groups is 1. The average molecular weight is 177 g/mol. The van der Waals surface area contributed by atoms with Crippen LogP contribution in [0.5, 0.6) is 0 Å². The van der Waals surface area contributed by atoms with Crippen LogP contribution in [0, 0.1) is 23.7 Å². The molecule has 3 heteroatoms. The van der Waals surface area contributed by atoms with Gasteiger partial charge >= 0.3 is 0 Å². The first-order valence-corrected chi connectivity index (χ1v) is 4.70. The topological polar surface area (TPSA) is 37.4 Å². The van der Waals surface area contributed by atoms with Crippen LogP contribution in [0.1, 0.15) is 6.42 Å². The number of allylic oxidation sites excluding steroid dienone is 2. The summed E-state index contributed by atoms with van der Waals surface area (Å²) in [5.41, 5.74) is 0. The first-order chi connectivity index (χ1) is 6.20. The zero-order valence-electron chi connectivity index (χ0n) is 7.43. The van der Waals surface area contributed by atoms with E-state index in [9.17, 15) is 9.59 Å². The Balaban J connectivity index is 2.08. The molecule has 2 amide bonds. The van der Waals surface area contributed by atoms with Crippen LogP contribution in [0.3, 0.4) is 0 Å². The summed E-state index contributed by atoms with van der Waals surface area (Å²) in [6.07, 6.45) is 5.23. The van der Waals surface area contributed by atoms with E-state index in [0.717, 1.165) is 6.42 Å². The van der Waals surface area contributed by atoms with Gasteiger partial charge in [-0.2, -0.15) is 0 Å². The molecule has 1 heterocycles. The number of hydrogen-bond acceptors (Lipinski definition) is 2. The zero-order valence-corrected chi connectivity index (χ0v) is 7.43. The Morgan fingerprint density at radius 3 is 2.08 bits per heavy atom. The summed E-state index contributed by atoms with van der Waals surface area (Å²) in [7, 11) is 1.60. The lowest BCUT2D eigenvalue weighted by Crippen LogP contribution is -2.28. The highest BCUT2D eigenvalue weighted by Crippen LogP contribution is 2.52. The van der Waals surface area contributed by atoms with E-state index in [1.165, 1.54) is 4.90 Å². The van der Waals surface area contributed by atoms with Crippen molar-refractivity contribution in [2.45, 2.75) is 6.42 Å². The van der Waals surface area contributed by atoms with Crippen molar-refractivity contribution in [3.8, 4) is 0 Å². The van der Waals surface area contributed by atoms with Crippen LogP contribution < -0.4 is 0 Å². The number of carbonyl (C=O) groups is 2. The number of rotatable bonds is 0. The van der Waals surface area contributed by atoms with Gasteiger partial charge in [0.25, 0.3) is 0 Å². The van der Waals surface area contributed by atoms with Crippen molar-refractivity contribution >= 4 is 11.8 Å². The summed E-state index contributed by atoms with van der Waals surface area (Å²) in [6, 6.07) is 0. The van der Waals surface area contributed by atoms with Crippen LogP contribution in [0.15, 0.2) is 12.2 Å². The van der Waals surface area contributed by atoms with E-state index >= 15 is 0 Å². The lowest BCUT2D eigenvalue weighted by atomic mass is 9.85. The molecule has 1 saturated heterocycles. The Labute approximate surface area is 76.4 Å². The molecule has 2 bridgehead atoms. The summed E-state index contributed by atoms with van der Waals surface area (Å²) in [5, 5.41) is 0. The Hall–Kier alpha value is -1.12. The normalized spacial score (nSPS) is 46.4. The predicted molar refractivity (Wildman–Crippen MR) is 45.5 cm³/mol.